The molecule has 0 atom stereocenters. The van der Waals surface area contributed by atoms with Crippen molar-refractivity contribution in [2.75, 3.05) is 23.7 Å². The fraction of sp³-hybridized carbons (Fsp3) is 0.222. The Morgan fingerprint density at radius 2 is 1.00 bits per heavy atom. The van der Waals surface area contributed by atoms with Gasteiger partial charge in [0.2, 0.25) is 0 Å². The molecule has 0 aliphatic heterocycles. The van der Waals surface area contributed by atoms with Gasteiger partial charge >= 0.3 is 0 Å². The number of nitrogens with one attached hydrogen (secondary N) is 4. The van der Waals surface area contributed by atoms with E-state index in [-0.39, 0.29) is 0 Å². The molecule has 126 valence electrons. The van der Waals surface area contributed by atoms with Crippen molar-refractivity contribution in [3.63, 3.8) is 0 Å². The predicted octanol–water partition coefficient (Wildman–Crippen LogP) is 3.74. The van der Waals surface area contributed by atoms with Gasteiger partial charge in [0.15, 0.2) is 10.2 Å². The molecule has 0 radical (unpaired) electrons. The molecular weight excluding hydrogens is 336 g/mol. The minimum Gasteiger partial charge on any atom is -0.362 e. The van der Waals surface area contributed by atoms with Gasteiger partial charge in [0.05, 0.1) is 0 Å². The highest BCUT2D eigenvalue weighted by Crippen LogP contribution is 2.05. The maximum absolute atomic E-state index is 5.26. The second-order valence-corrected chi connectivity index (χ2v) is 6.02. The SMILES string of the molecule is S=C(NCCCCNC(=S)Nc1ccccc1)Nc1ccccc1. The quantitative estimate of drug-likeness (QED) is 0.447. The molecular formula is C18H22N4S2. The molecule has 4 nitrogen and oxygen atoms in total. The van der Waals surface area contributed by atoms with Crippen LogP contribution >= 0.6 is 24.4 Å². The summed E-state index contributed by atoms with van der Waals surface area (Å²) in [5.41, 5.74) is 1.99. The Bertz CT molecular complexity index is 574. The molecule has 0 aliphatic rings. The first kappa shape index (κ1) is 18.2. The average molecular weight is 359 g/mol. The first-order valence-corrected chi connectivity index (χ1v) is 8.75. The van der Waals surface area contributed by atoms with E-state index in [1.54, 1.807) is 0 Å². The normalized spacial score (nSPS) is 9.83. The lowest BCUT2D eigenvalue weighted by Gasteiger charge is -2.12. The van der Waals surface area contributed by atoms with E-state index in [0.717, 1.165) is 37.3 Å². The number of hydrogen-bond acceptors (Lipinski definition) is 2. The third-order valence-electron chi connectivity index (χ3n) is 3.24. The van der Waals surface area contributed by atoms with E-state index in [4.69, 9.17) is 24.4 Å². The molecule has 2 aromatic carbocycles. The Hall–Kier alpha value is -2.18. The molecule has 0 aromatic heterocycles. The lowest BCUT2D eigenvalue weighted by atomic mass is 10.3. The van der Waals surface area contributed by atoms with Crippen molar-refractivity contribution in [1.29, 1.82) is 0 Å². The number of thiocarbonyl (C=S) groups is 2. The summed E-state index contributed by atoms with van der Waals surface area (Å²) in [6, 6.07) is 19.8. The molecule has 0 amide bonds. The van der Waals surface area contributed by atoms with E-state index < -0.39 is 0 Å². The van der Waals surface area contributed by atoms with Crippen LogP contribution in [0.5, 0.6) is 0 Å². The first-order chi connectivity index (χ1) is 11.7. The molecule has 0 bridgehead atoms. The van der Waals surface area contributed by atoms with E-state index in [9.17, 15) is 0 Å². The van der Waals surface area contributed by atoms with Crippen LogP contribution in [0.1, 0.15) is 12.8 Å². The first-order valence-electron chi connectivity index (χ1n) is 7.94. The van der Waals surface area contributed by atoms with E-state index in [1.807, 2.05) is 60.7 Å². The second-order valence-electron chi connectivity index (χ2n) is 5.20. The largest absolute Gasteiger partial charge is 0.362 e. The Morgan fingerprint density at radius 3 is 1.38 bits per heavy atom. The summed E-state index contributed by atoms with van der Waals surface area (Å²) >= 11 is 10.5. The zero-order chi connectivity index (χ0) is 17.0. The smallest absolute Gasteiger partial charge is 0.170 e. The molecule has 0 aliphatic carbocycles. The van der Waals surface area contributed by atoms with Crippen LogP contribution < -0.4 is 21.3 Å². The van der Waals surface area contributed by atoms with Gasteiger partial charge in [-0.25, -0.2) is 0 Å². The molecule has 2 rings (SSSR count). The number of para-hydroxylation sites is 2. The molecule has 6 heteroatoms. The molecule has 0 heterocycles. The van der Waals surface area contributed by atoms with Gasteiger partial charge in [0.25, 0.3) is 0 Å². The summed E-state index contributed by atoms with van der Waals surface area (Å²) < 4.78 is 0. The van der Waals surface area contributed by atoms with Gasteiger partial charge in [0, 0.05) is 24.5 Å². The van der Waals surface area contributed by atoms with Crippen LogP contribution in [0.3, 0.4) is 0 Å². The number of benzene rings is 2. The summed E-state index contributed by atoms with van der Waals surface area (Å²) in [7, 11) is 0. The highest BCUT2D eigenvalue weighted by molar-refractivity contribution is 7.80. The van der Waals surface area contributed by atoms with Crippen molar-refractivity contribution in [3.05, 3.63) is 60.7 Å². The Labute approximate surface area is 154 Å². The van der Waals surface area contributed by atoms with Gasteiger partial charge in [0.1, 0.15) is 0 Å². The molecule has 0 fully saturated rings. The van der Waals surface area contributed by atoms with Gasteiger partial charge in [-0.1, -0.05) is 36.4 Å². The summed E-state index contributed by atoms with van der Waals surface area (Å²) in [4.78, 5) is 0. The molecule has 0 unspecified atom stereocenters. The van der Waals surface area contributed by atoms with Crippen molar-refractivity contribution in [2.24, 2.45) is 0 Å². The minimum absolute atomic E-state index is 0.649. The number of unbranched alkanes of at least 4 members (excludes halogenated alkanes) is 1. The molecule has 0 saturated carbocycles. The third-order valence-corrected chi connectivity index (χ3v) is 3.73. The van der Waals surface area contributed by atoms with Gasteiger partial charge in [-0.2, -0.15) is 0 Å². The second kappa shape index (κ2) is 10.6. The maximum Gasteiger partial charge on any atom is 0.170 e. The summed E-state index contributed by atoms with van der Waals surface area (Å²) in [6.45, 7) is 1.67. The number of hydrogen-bond donors (Lipinski definition) is 4. The maximum atomic E-state index is 5.26. The van der Waals surface area contributed by atoms with Gasteiger partial charge in [-0.3, -0.25) is 0 Å². The highest BCUT2D eigenvalue weighted by Gasteiger charge is 1.98. The molecule has 2 aromatic rings. The zero-order valence-electron chi connectivity index (χ0n) is 13.4. The lowest BCUT2D eigenvalue weighted by molar-refractivity contribution is 0.694. The summed E-state index contributed by atoms with van der Waals surface area (Å²) in [5, 5.41) is 14.0. The molecule has 4 N–H and O–H groups in total. The van der Waals surface area contributed by atoms with Gasteiger partial charge in [-0.15, -0.1) is 0 Å². The summed E-state index contributed by atoms with van der Waals surface area (Å²) in [5.74, 6) is 0. The van der Waals surface area contributed by atoms with E-state index in [0.29, 0.717) is 10.2 Å². The molecule has 0 saturated heterocycles. The van der Waals surface area contributed by atoms with Crippen LogP contribution in [0.2, 0.25) is 0 Å². The number of rotatable bonds is 7. The van der Waals surface area contributed by atoms with Crippen LogP contribution in [0.4, 0.5) is 11.4 Å². The zero-order valence-corrected chi connectivity index (χ0v) is 15.1. The molecule has 0 spiro atoms. The Balaban J connectivity index is 1.50. The van der Waals surface area contributed by atoms with Crippen LogP contribution in [-0.2, 0) is 0 Å². The van der Waals surface area contributed by atoms with Crippen LogP contribution in [0, 0.1) is 0 Å². The fourth-order valence-corrected chi connectivity index (χ4v) is 2.49. The van der Waals surface area contributed by atoms with Crippen LogP contribution in [0.25, 0.3) is 0 Å². The monoisotopic (exact) mass is 358 g/mol. The van der Waals surface area contributed by atoms with Gasteiger partial charge < -0.3 is 21.3 Å². The van der Waals surface area contributed by atoms with Crippen LogP contribution in [-0.4, -0.2) is 23.3 Å². The topological polar surface area (TPSA) is 48.1 Å². The average Bonchev–Trinajstić information content (AvgIpc) is 2.60. The summed E-state index contributed by atoms with van der Waals surface area (Å²) in [6.07, 6.45) is 2.02. The minimum atomic E-state index is 0.649. The lowest BCUT2D eigenvalue weighted by Crippen LogP contribution is -2.31. The van der Waals surface area contributed by atoms with E-state index in [2.05, 4.69) is 21.3 Å². The Morgan fingerprint density at radius 1 is 0.625 bits per heavy atom. The standard InChI is InChI=1S/C18H22N4S2/c23-17(21-15-9-3-1-4-10-15)19-13-7-8-14-20-18(24)22-16-11-5-2-6-12-16/h1-6,9-12H,7-8,13-14H2,(H2,19,21,23)(H2,20,22,24). The van der Waals surface area contributed by atoms with E-state index in [1.165, 1.54) is 0 Å². The van der Waals surface area contributed by atoms with Crippen molar-refractivity contribution in [1.82, 2.24) is 10.6 Å². The van der Waals surface area contributed by atoms with Crippen molar-refractivity contribution < 1.29 is 0 Å². The highest BCUT2D eigenvalue weighted by atomic mass is 32.1. The predicted molar refractivity (Wildman–Crippen MR) is 111 cm³/mol. The van der Waals surface area contributed by atoms with Crippen molar-refractivity contribution >= 4 is 46.0 Å². The van der Waals surface area contributed by atoms with Crippen molar-refractivity contribution in [2.45, 2.75) is 12.8 Å². The Kier molecular flexibility index (Phi) is 8.00. The van der Waals surface area contributed by atoms with Gasteiger partial charge in [-0.05, 0) is 61.5 Å². The molecule has 24 heavy (non-hydrogen) atoms. The van der Waals surface area contributed by atoms with Crippen molar-refractivity contribution in [3.8, 4) is 0 Å². The third kappa shape index (κ3) is 7.39. The van der Waals surface area contributed by atoms with Crippen LogP contribution in [0.15, 0.2) is 60.7 Å². The van der Waals surface area contributed by atoms with E-state index >= 15 is 0 Å². The number of anilines is 2. The fourth-order valence-electron chi connectivity index (χ4n) is 2.05.